The Morgan fingerprint density at radius 2 is 1.56 bits per heavy atom. The first-order valence-electron chi connectivity index (χ1n) is 11.5. The molecule has 4 aromatic rings. The number of halogens is 1. The maximum absolute atomic E-state index is 14.6. The van der Waals surface area contributed by atoms with E-state index in [0.29, 0.717) is 49.7 Å². The third kappa shape index (κ3) is 4.19. The average molecular weight is 456 g/mol. The van der Waals surface area contributed by atoms with Crippen LogP contribution in [0.25, 0.3) is 10.9 Å². The number of carbonyl (C=O) groups is 2. The molecule has 3 aromatic carbocycles. The third-order valence-electron chi connectivity index (χ3n) is 6.47. The van der Waals surface area contributed by atoms with Crippen molar-refractivity contribution in [2.45, 2.75) is 13.5 Å². The molecular formula is C28H26FN3O2. The molecule has 1 saturated heterocycles. The van der Waals surface area contributed by atoms with Crippen molar-refractivity contribution in [3.8, 4) is 0 Å². The molecule has 6 heteroatoms. The monoisotopic (exact) mass is 455 g/mol. The van der Waals surface area contributed by atoms with Crippen LogP contribution in [0, 0.1) is 5.82 Å². The molecule has 1 amide bonds. The Balaban J connectivity index is 1.36. The molecule has 1 fully saturated rings. The van der Waals surface area contributed by atoms with Crippen molar-refractivity contribution in [3.63, 3.8) is 0 Å². The smallest absolute Gasteiger partial charge is 0.270 e. The highest BCUT2D eigenvalue weighted by atomic mass is 19.1. The molecule has 0 radical (unpaired) electrons. The summed E-state index contributed by atoms with van der Waals surface area (Å²) < 4.78 is 16.7. The highest BCUT2D eigenvalue weighted by Crippen LogP contribution is 2.25. The van der Waals surface area contributed by atoms with Crippen molar-refractivity contribution in [1.82, 2.24) is 9.47 Å². The zero-order chi connectivity index (χ0) is 23.7. The molecule has 5 nitrogen and oxygen atoms in total. The zero-order valence-electron chi connectivity index (χ0n) is 19.1. The van der Waals surface area contributed by atoms with Crippen molar-refractivity contribution < 1.29 is 14.0 Å². The van der Waals surface area contributed by atoms with Crippen LogP contribution in [0.4, 0.5) is 10.1 Å². The zero-order valence-corrected chi connectivity index (χ0v) is 19.1. The molecule has 1 aliphatic heterocycles. The lowest BCUT2D eigenvalue weighted by Gasteiger charge is -2.36. The molecule has 0 bridgehead atoms. The van der Waals surface area contributed by atoms with Gasteiger partial charge in [-0.25, -0.2) is 4.39 Å². The number of hydrogen-bond acceptors (Lipinski definition) is 3. The Labute approximate surface area is 198 Å². The Morgan fingerprint density at radius 3 is 2.26 bits per heavy atom. The Bertz CT molecular complexity index is 1350. The molecule has 172 valence electrons. The molecule has 34 heavy (non-hydrogen) atoms. The number of hydrogen-bond donors (Lipinski definition) is 0. The van der Waals surface area contributed by atoms with Gasteiger partial charge in [0.2, 0.25) is 0 Å². The number of fused-ring (bicyclic) bond motifs is 1. The molecule has 5 rings (SSSR count). The lowest BCUT2D eigenvalue weighted by atomic mass is 10.1. The number of para-hydroxylation sites is 1. The predicted octanol–water partition coefficient (Wildman–Crippen LogP) is 4.99. The molecule has 1 aliphatic rings. The lowest BCUT2D eigenvalue weighted by Crippen LogP contribution is -2.49. The van der Waals surface area contributed by atoms with Crippen molar-refractivity contribution >= 4 is 28.3 Å². The molecule has 1 aromatic heterocycles. The van der Waals surface area contributed by atoms with E-state index < -0.39 is 5.82 Å². The van der Waals surface area contributed by atoms with Crippen molar-refractivity contribution in [1.29, 1.82) is 0 Å². The van der Waals surface area contributed by atoms with Gasteiger partial charge in [-0.1, -0.05) is 48.5 Å². The summed E-state index contributed by atoms with van der Waals surface area (Å²) in [4.78, 5) is 28.9. The second-order valence-corrected chi connectivity index (χ2v) is 8.66. The first-order valence-corrected chi connectivity index (χ1v) is 11.5. The average Bonchev–Trinajstić information content (AvgIpc) is 3.22. The van der Waals surface area contributed by atoms with Gasteiger partial charge in [-0.15, -0.1) is 0 Å². The molecule has 0 N–H and O–H groups in total. The summed E-state index contributed by atoms with van der Waals surface area (Å²) in [6, 6.07) is 24.7. The first kappa shape index (κ1) is 21.9. The molecule has 0 atom stereocenters. The number of anilines is 1. The number of aromatic nitrogens is 1. The molecule has 0 spiro atoms. The fourth-order valence-electron chi connectivity index (χ4n) is 4.62. The maximum Gasteiger partial charge on any atom is 0.270 e. The van der Waals surface area contributed by atoms with Gasteiger partial charge in [0.1, 0.15) is 11.5 Å². The van der Waals surface area contributed by atoms with Crippen molar-refractivity contribution in [2.24, 2.45) is 0 Å². The predicted molar refractivity (Wildman–Crippen MR) is 132 cm³/mol. The number of amides is 1. The van der Waals surface area contributed by atoms with E-state index in [4.69, 9.17) is 0 Å². The van der Waals surface area contributed by atoms with Gasteiger partial charge >= 0.3 is 0 Å². The van der Waals surface area contributed by atoms with Crippen molar-refractivity contribution in [2.75, 3.05) is 31.1 Å². The van der Waals surface area contributed by atoms with Crippen LogP contribution < -0.4 is 4.90 Å². The highest BCUT2D eigenvalue weighted by Gasteiger charge is 2.26. The molecule has 0 unspecified atom stereocenters. The maximum atomic E-state index is 14.6. The van der Waals surface area contributed by atoms with E-state index in [1.54, 1.807) is 12.1 Å². The van der Waals surface area contributed by atoms with Crippen LogP contribution >= 0.6 is 0 Å². The van der Waals surface area contributed by atoms with Crippen LogP contribution in [0.15, 0.2) is 78.9 Å². The van der Waals surface area contributed by atoms with E-state index in [0.717, 1.165) is 16.5 Å². The highest BCUT2D eigenvalue weighted by molar-refractivity contribution is 5.99. The van der Waals surface area contributed by atoms with E-state index in [-0.39, 0.29) is 11.7 Å². The minimum absolute atomic E-state index is 0.0146. The molecule has 0 saturated carbocycles. The number of ketones is 1. The quantitative estimate of drug-likeness (QED) is 0.398. The van der Waals surface area contributed by atoms with Gasteiger partial charge in [0.05, 0.1) is 5.69 Å². The Morgan fingerprint density at radius 1 is 0.853 bits per heavy atom. The van der Waals surface area contributed by atoms with Gasteiger partial charge in [0, 0.05) is 49.2 Å². The summed E-state index contributed by atoms with van der Waals surface area (Å²) in [5.74, 6) is -0.582. The summed E-state index contributed by atoms with van der Waals surface area (Å²) in [6.07, 6.45) is 0. The minimum Gasteiger partial charge on any atom is -0.366 e. The second kappa shape index (κ2) is 9.14. The summed E-state index contributed by atoms with van der Waals surface area (Å²) in [5, 5.41) is 1.04. The van der Waals surface area contributed by atoms with Gasteiger partial charge < -0.3 is 14.4 Å². The number of nitrogens with zero attached hydrogens (tertiary/aromatic N) is 3. The lowest BCUT2D eigenvalue weighted by molar-refractivity contribution is 0.0736. The van der Waals surface area contributed by atoms with Crippen LogP contribution in [0.1, 0.15) is 33.3 Å². The molecule has 0 aliphatic carbocycles. The number of rotatable bonds is 5. The van der Waals surface area contributed by atoms with Crippen LogP contribution in [0.5, 0.6) is 0 Å². The van der Waals surface area contributed by atoms with Crippen LogP contribution in [-0.4, -0.2) is 47.3 Å². The number of benzene rings is 3. The standard InChI is InChI=1S/C28H26FN3O2/c1-20(33)22-11-12-26(24(29)17-22)30-13-15-31(16-14-30)28(34)27-18-23-9-5-6-10-25(23)32(27)19-21-7-3-2-4-8-21/h2-12,17-18H,13-16,19H2,1H3. The van der Waals surface area contributed by atoms with Gasteiger partial charge in [-0.05, 0) is 42.8 Å². The SMILES string of the molecule is CC(=O)c1ccc(N2CCN(C(=O)c3cc4ccccc4n3Cc3ccccc3)CC2)c(F)c1. The van der Waals surface area contributed by atoms with E-state index in [1.165, 1.54) is 13.0 Å². The normalized spacial score (nSPS) is 13.9. The third-order valence-corrected chi connectivity index (χ3v) is 6.47. The fraction of sp³-hybridized carbons (Fsp3) is 0.214. The van der Waals surface area contributed by atoms with Crippen LogP contribution in [0.2, 0.25) is 0 Å². The number of carbonyl (C=O) groups excluding carboxylic acids is 2. The van der Waals surface area contributed by atoms with Gasteiger partial charge in [0.25, 0.3) is 5.91 Å². The summed E-state index contributed by atoms with van der Waals surface area (Å²) in [5.41, 5.74) is 3.65. The van der Waals surface area contributed by atoms with Gasteiger partial charge in [-0.3, -0.25) is 9.59 Å². The second-order valence-electron chi connectivity index (χ2n) is 8.66. The number of Topliss-reactive ketones (excluding diaryl/α,β-unsaturated/α-hetero) is 1. The fourth-order valence-corrected chi connectivity index (χ4v) is 4.62. The summed E-state index contributed by atoms with van der Waals surface area (Å²) in [6.45, 7) is 4.10. The van der Waals surface area contributed by atoms with Gasteiger partial charge in [0.15, 0.2) is 5.78 Å². The topological polar surface area (TPSA) is 45.6 Å². The van der Waals surface area contributed by atoms with E-state index in [1.807, 2.05) is 58.3 Å². The summed E-state index contributed by atoms with van der Waals surface area (Å²) >= 11 is 0. The first-order chi connectivity index (χ1) is 16.5. The van der Waals surface area contributed by atoms with E-state index >= 15 is 0 Å². The Hall–Kier alpha value is -3.93. The van der Waals surface area contributed by atoms with Gasteiger partial charge in [-0.2, -0.15) is 0 Å². The minimum atomic E-state index is -0.407. The van der Waals surface area contributed by atoms with Crippen LogP contribution in [0.3, 0.4) is 0 Å². The largest absolute Gasteiger partial charge is 0.366 e. The van der Waals surface area contributed by atoms with Crippen LogP contribution in [-0.2, 0) is 6.54 Å². The summed E-state index contributed by atoms with van der Waals surface area (Å²) in [7, 11) is 0. The van der Waals surface area contributed by atoms with Crippen molar-refractivity contribution in [3.05, 3.63) is 102 Å². The van der Waals surface area contributed by atoms with E-state index in [9.17, 15) is 14.0 Å². The van der Waals surface area contributed by atoms with E-state index in [2.05, 4.69) is 16.7 Å². The number of piperazine rings is 1. The molecular weight excluding hydrogens is 429 g/mol. The Kier molecular flexibility index (Phi) is 5.88. The molecule has 2 heterocycles.